The van der Waals surface area contributed by atoms with Crippen LogP contribution in [0, 0.1) is 22.7 Å². The van der Waals surface area contributed by atoms with Crippen LogP contribution in [0.5, 0.6) is 0 Å². The van der Waals surface area contributed by atoms with Gasteiger partial charge in [-0.15, -0.1) is 0 Å². The maximum atomic E-state index is 12.3. The standard InChI is InChI=1S/C17H24O2/c1-5-19-15(18)14-7-6-13-11(2)8-12-9-16(3,4)10-17(12,13)14/h7,12-13H,2,5-6,8-10H2,1,3-4H3. The molecule has 3 atom stereocenters. The van der Waals surface area contributed by atoms with Gasteiger partial charge in [0, 0.05) is 11.0 Å². The number of rotatable bonds is 2. The van der Waals surface area contributed by atoms with Gasteiger partial charge in [0.15, 0.2) is 0 Å². The number of carbonyl (C=O) groups is 1. The molecule has 3 aliphatic rings. The van der Waals surface area contributed by atoms with Crippen molar-refractivity contribution in [1.29, 1.82) is 0 Å². The Bertz CT molecular complexity index is 472. The van der Waals surface area contributed by atoms with Crippen LogP contribution < -0.4 is 0 Å². The van der Waals surface area contributed by atoms with Gasteiger partial charge in [-0.1, -0.05) is 32.1 Å². The summed E-state index contributed by atoms with van der Waals surface area (Å²) in [6.45, 7) is 11.3. The fraction of sp³-hybridized carbons (Fsp3) is 0.706. The highest BCUT2D eigenvalue weighted by atomic mass is 16.5. The van der Waals surface area contributed by atoms with Crippen molar-refractivity contribution >= 4 is 5.97 Å². The third-order valence-electron chi connectivity index (χ3n) is 5.48. The summed E-state index contributed by atoms with van der Waals surface area (Å²) in [6.07, 6.45) is 6.55. The van der Waals surface area contributed by atoms with Gasteiger partial charge in [-0.05, 0) is 49.9 Å². The molecule has 104 valence electrons. The Kier molecular flexibility index (Phi) is 2.71. The second kappa shape index (κ2) is 3.97. The van der Waals surface area contributed by atoms with Crippen molar-refractivity contribution in [3.63, 3.8) is 0 Å². The van der Waals surface area contributed by atoms with Gasteiger partial charge < -0.3 is 4.74 Å². The maximum absolute atomic E-state index is 12.3. The van der Waals surface area contributed by atoms with Crippen LogP contribution in [0.2, 0.25) is 0 Å². The molecule has 2 saturated carbocycles. The Morgan fingerprint density at radius 1 is 1.53 bits per heavy atom. The molecule has 0 amide bonds. The summed E-state index contributed by atoms with van der Waals surface area (Å²) in [7, 11) is 0. The fourth-order valence-electron chi connectivity index (χ4n) is 5.13. The van der Waals surface area contributed by atoms with E-state index in [0.29, 0.717) is 23.9 Å². The number of hydrogen-bond donors (Lipinski definition) is 0. The van der Waals surface area contributed by atoms with E-state index < -0.39 is 0 Å². The van der Waals surface area contributed by atoms with Gasteiger partial charge >= 0.3 is 5.97 Å². The molecule has 0 aliphatic heterocycles. The van der Waals surface area contributed by atoms with Crippen LogP contribution >= 0.6 is 0 Å². The monoisotopic (exact) mass is 260 g/mol. The molecule has 0 saturated heterocycles. The third-order valence-corrected chi connectivity index (χ3v) is 5.48. The average molecular weight is 260 g/mol. The third kappa shape index (κ3) is 1.65. The molecule has 0 bridgehead atoms. The zero-order valence-corrected chi connectivity index (χ0v) is 12.3. The van der Waals surface area contributed by atoms with E-state index >= 15 is 0 Å². The Morgan fingerprint density at radius 3 is 2.95 bits per heavy atom. The Balaban J connectivity index is 2.01. The van der Waals surface area contributed by atoms with Crippen molar-refractivity contribution in [2.24, 2.45) is 22.7 Å². The van der Waals surface area contributed by atoms with E-state index in [2.05, 4.69) is 26.5 Å². The minimum absolute atomic E-state index is 0.0484. The first-order chi connectivity index (χ1) is 8.90. The van der Waals surface area contributed by atoms with E-state index in [4.69, 9.17) is 4.74 Å². The van der Waals surface area contributed by atoms with Gasteiger partial charge in [-0.2, -0.15) is 0 Å². The summed E-state index contributed by atoms with van der Waals surface area (Å²) in [4.78, 5) is 12.3. The van der Waals surface area contributed by atoms with Gasteiger partial charge in [0.25, 0.3) is 0 Å². The fourth-order valence-corrected chi connectivity index (χ4v) is 5.13. The second-order valence-electron chi connectivity index (χ2n) is 7.27. The zero-order chi connectivity index (χ0) is 13.8. The molecule has 19 heavy (non-hydrogen) atoms. The largest absolute Gasteiger partial charge is 0.463 e. The normalized spacial score (nSPS) is 38.9. The van der Waals surface area contributed by atoms with Crippen LogP contribution in [0.25, 0.3) is 0 Å². The molecule has 2 fully saturated rings. The van der Waals surface area contributed by atoms with Crippen molar-refractivity contribution in [1.82, 2.24) is 0 Å². The molecular weight excluding hydrogens is 236 g/mol. The van der Waals surface area contributed by atoms with Crippen LogP contribution in [0.4, 0.5) is 0 Å². The van der Waals surface area contributed by atoms with E-state index in [9.17, 15) is 4.79 Å². The van der Waals surface area contributed by atoms with Gasteiger partial charge in [0.1, 0.15) is 0 Å². The van der Waals surface area contributed by atoms with Crippen LogP contribution in [0.15, 0.2) is 23.8 Å². The highest BCUT2D eigenvalue weighted by Crippen LogP contribution is 2.70. The lowest BCUT2D eigenvalue weighted by molar-refractivity contribution is -0.140. The summed E-state index contributed by atoms with van der Waals surface area (Å²) in [5.74, 6) is 0.999. The van der Waals surface area contributed by atoms with Crippen molar-refractivity contribution in [2.75, 3.05) is 6.61 Å². The van der Waals surface area contributed by atoms with Crippen LogP contribution in [0.1, 0.15) is 46.5 Å². The minimum Gasteiger partial charge on any atom is -0.463 e. The quantitative estimate of drug-likeness (QED) is 0.556. The molecule has 0 heterocycles. The first-order valence-electron chi connectivity index (χ1n) is 7.46. The molecule has 1 spiro atoms. The molecule has 3 aliphatic carbocycles. The first kappa shape index (κ1) is 13.0. The van der Waals surface area contributed by atoms with E-state index in [1.807, 2.05) is 6.92 Å². The van der Waals surface area contributed by atoms with Gasteiger partial charge in [0.05, 0.1) is 6.61 Å². The van der Waals surface area contributed by atoms with Crippen molar-refractivity contribution in [3.8, 4) is 0 Å². The first-order valence-corrected chi connectivity index (χ1v) is 7.46. The number of allylic oxidation sites excluding steroid dienone is 2. The van der Waals surface area contributed by atoms with Crippen LogP contribution in [-0.2, 0) is 9.53 Å². The predicted octanol–water partition coefficient (Wildman–Crippen LogP) is 3.88. The van der Waals surface area contributed by atoms with Gasteiger partial charge in [-0.25, -0.2) is 4.79 Å². The SMILES string of the molecule is C=C1CC2CC(C)(C)CC23C(C(=O)OCC)=CCC13. The molecule has 0 N–H and O–H groups in total. The van der Waals surface area contributed by atoms with Gasteiger partial charge in [-0.3, -0.25) is 0 Å². The molecule has 0 aromatic carbocycles. The Morgan fingerprint density at radius 2 is 2.26 bits per heavy atom. The molecule has 0 aromatic heterocycles. The summed E-state index contributed by atoms with van der Waals surface area (Å²) < 4.78 is 5.30. The molecular formula is C17H24O2. The van der Waals surface area contributed by atoms with Crippen molar-refractivity contribution in [2.45, 2.75) is 46.5 Å². The summed E-state index contributed by atoms with van der Waals surface area (Å²) in [6, 6.07) is 0. The lowest BCUT2D eigenvalue weighted by Crippen LogP contribution is -2.32. The molecule has 0 radical (unpaired) electrons. The lowest BCUT2D eigenvalue weighted by Gasteiger charge is -2.33. The van der Waals surface area contributed by atoms with E-state index in [-0.39, 0.29) is 11.4 Å². The van der Waals surface area contributed by atoms with Crippen LogP contribution in [-0.4, -0.2) is 12.6 Å². The van der Waals surface area contributed by atoms with E-state index in [1.54, 1.807) is 0 Å². The molecule has 2 heteroatoms. The van der Waals surface area contributed by atoms with Crippen molar-refractivity contribution in [3.05, 3.63) is 23.8 Å². The van der Waals surface area contributed by atoms with Crippen molar-refractivity contribution < 1.29 is 9.53 Å². The summed E-state index contributed by atoms with van der Waals surface area (Å²) in [5.41, 5.74) is 2.71. The lowest BCUT2D eigenvalue weighted by atomic mass is 9.70. The van der Waals surface area contributed by atoms with E-state index in [1.165, 1.54) is 12.0 Å². The predicted molar refractivity (Wildman–Crippen MR) is 75.5 cm³/mol. The molecule has 0 aromatic rings. The molecule has 3 rings (SSSR count). The van der Waals surface area contributed by atoms with Gasteiger partial charge in [0.2, 0.25) is 0 Å². The van der Waals surface area contributed by atoms with Crippen LogP contribution in [0.3, 0.4) is 0 Å². The average Bonchev–Trinajstić information content (AvgIpc) is 2.84. The number of esters is 1. The smallest absolute Gasteiger partial charge is 0.334 e. The Hall–Kier alpha value is -1.05. The topological polar surface area (TPSA) is 26.3 Å². The Labute approximate surface area is 115 Å². The summed E-state index contributed by atoms with van der Waals surface area (Å²) >= 11 is 0. The second-order valence-corrected chi connectivity index (χ2v) is 7.27. The zero-order valence-electron chi connectivity index (χ0n) is 12.3. The minimum atomic E-state index is -0.0811. The van der Waals surface area contributed by atoms with E-state index in [0.717, 1.165) is 24.8 Å². The maximum Gasteiger partial charge on any atom is 0.334 e. The molecule has 3 unspecified atom stereocenters. The number of ether oxygens (including phenoxy) is 1. The highest BCUT2D eigenvalue weighted by Gasteiger charge is 2.63. The number of carbonyl (C=O) groups excluding carboxylic acids is 1. The number of hydrogen-bond acceptors (Lipinski definition) is 2. The molecule has 2 nitrogen and oxygen atoms in total. The summed E-state index contributed by atoms with van der Waals surface area (Å²) in [5, 5.41) is 0. The highest BCUT2D eigenvalue weighted by molar-refractivity contribution is 5.91.